The fourth-order valence-electron chi connectivity index (χ4n) is 4.25. The van der Waals surface area contributed by atoms with Crippen molar-refractivity contribution in [2.45, 2.75) is 31.7 Å². The number of fused-ring (bicyclic) bond motifs is 3. The Kier molecular flexibility index (Phi) is 4.27. The van der Waals surface area contributed by atoms with Crippen LogP contribution in [0.5, 0.6) is 0 Å². The van der Waals surface area contributed by atoms with E-state index in [1.807, 2.05) is 18.2 Å². The van der Waals surface area contributed by atoms with Crippen LogP contribution in [0.25, 0.3) is 27.5 Å². The van der Waals surface area contributed by atoms with Gasteiger partial charge in [-0.25, -0.2) is 4.98 Å². The van der Waals surface area contributed by atoms with E-state index in [2.05, 4.69) is 15.3 Å². The average Bonchev–Trinajstić information content (AvgIpc) is 3.66. The topological polar surface area (TPSA) is 110 Å². The first-order valence-electron chi connectivity index (χ1n) is 10.2. The molecule has 2 heterocycles. The minimum absolute atomic E-state index is 0.485. The van der Waals surface area contributed by atoms with E-state index in [1.165, 1.54) is 31.9 Å². The Bertz CT molecular complexity index is 1140. The van der Waals surface area contributed by atoms with Crippen molar-refractivity contribution >= 4 is 39.6 Å². The van der Waals surface area contributed by atoms with Gasteiger partial charge in [-0.1, -0.05) is 12.1 Å². The summed E-state index contributed by atoms with van der Waals surface area (Å²) in [7, 11) is 0. The lowest BCUT2D eigenvalue weighted by Gasteiger charge is -2.19. The highest BCUT2D eigenvalue weighted by atomic mass is 16.1. The van der Waals surface area contributed by atoms with Crippen molar-refractivity contribution in [3.8, 4) is 0 Å². The van der Waals surface area contributed by atoms with Crippen LogP contribution >= 0.6 is 0 Å². The van der Waals surface area contributed by atoms with E-state index in [0.717, 1.165) is 51.3 Å². The van der Waals surface area contributed by atoms with Crippen LogP contribution in [-0.4, -0.2) is 22.3 Å². The second kappa shape index (κ2) is 6.95. The van der Waals surface area contributed by atoms with Gasteiger partial charge in [-0.3, -0.25) is 4.79 Å². The molecule has 2 aliphatic carbocycles. The molecule has 0 radical (unpaired) electrons. The Morgan fingerprint density at radius 2 is 2.00 bits per heavy atom. The summed E-state index contributed by atoms with van der Waals surface area (Å²) in [5.41, 5.74) is 15.4. The van der Waals surface area contributed by atoms with Gasteiger partial charge in [0, 0.05) is 28.8 Å². The predicted octanol–water partition coefficient (Wildman–Crippen LogP) is 3.90. The SMILES string of the molecule is N/C=C\C=C(/N)c1ccc2c(c1)[nH]c1c(C=O)cnc(NC(C3CC3)C3CC3)c12. The van der Waals surface area contributed by atoms with Gasteiger partial charge in [0.05, 0.1) is 16.5 Å². The number of nitrogens with zero attached hydrogens (tertiary/aromatic N) is 1. The molecule has 6 N–H and O–H groups in total. The molecule has 2 fully saturated rings. The number of carbonyl (C=O) groups excluding carboxylic acids is 1. The van der Waals surface area contributed by atoms with Gasteiger partial charge < -0.3 is 21.8 Å². The molecule has 2 aromatic heterocycles. The summed E-state index contributed by atoms with van der Waals surface area (Å²) < 4.78 is 0. The molecule has 0 amide bonds. The Morgan fingerprint density at radius 1 is 1.24 bits per heavy atom. The number of carbonyl (C=O) groups is 1. The third kappa shape index (κ3) is 3.24. The van der Waals surface area contributed by atoms with Crippen LogP contribution in [-0.2, 0) is 0 Å². The van der Waals surface area contributed by atoms with E-state index >= 15 is 0 Å². The summed E-state index contributed by atoms with van der Waals surface area (Å²) >= 11 is 0. The van der Waals surface area contributed by atoms with Crippen LogP contribution in [0.15, 0.2) is 42.7 Å². The molecule has 1 aromatic carbocycles. The van der Waals surface area contributed by atoms with Crippen molar-refractivity contribution in [1.82, 2.24) is 9.97 Å². The summed E-state index contributed by atoms with van der Waals surface area (Å²) in [6, 6.07) is 6.52. The van der Waals surface area contributed by atoms with Gasteiger partial charge in [-0.2, -0.15) is 0 Å². The molecule has 0 saturated heterocycles. The molecule has 3 aromatic rings. The second-order valence-corrected chi connectivity index (χ2v) is 8.17. The van der Waals surface area contributed by atoms with E-state index in [-0.39, 0.29) is 0 Å². The first-order valence-corrected chi connectivity index (χ1v) is 10.2. The average molecular weight is 387 g/mol. The van der Waals surface area contributed by atoms with Gasteiger partial charge >= 0.3 is 0 Å². The maximum Gasteiger partial charge on any atom is 0.153 e. The highest BCUT2D eigenvalue weighted by Gasteiger charge is 2.41. The monoisotopic (exact) mass is 387 g/mol. The number of allylic oxidation sites excluding steroid dienone is 2. The molecule has 2 saturated carbocycles. The van der Waals surface area contributed by atoms with Crippen LogP contribution in [0.2, 0.25) is 0 Å². The number of rotatable bonds is 7. The predicted molar refractivity (Wildman–Crippen MR) is 117 cm³/mol. The molecule has 5 rings (SSSR count). The minimum atomic E-state index is 0.485. The van der Waals surface area contributed by atoms with Crippen molar-refractivity contribution < 1.29 is 4.79 Å². The lowest BCUT2D eigenvalue weighted by Crippen LogP contribution is -2.25. The highest BCUT2D eigenvalue weighted by Crippen LogP contribution is 2.46. The van der Waals surface area contributed by atoms with Crippen molar-refractivity contribution in [3.05, 3.63) is 53.9 Å². The molecule has 0 unspecified atom stereocenters. The molecule has 6 nitrogen and oxygen atoms in total. The Morgan fingerprint density at radius 3 is 2.66 bits per heavy atom. The number of benzene rings is 1. The number of nitrogens with one attached hydrogen (secondary N) is 2. The van der Waals surface area contributed by atoms with Gasteiger partial charge in [0.15, 0.2) is 6.29 Å². The first kappa shape index (κ1) is 17.8. The number of aldehydes is 1. The lowest BCUT2D eigenvalue weighted by molar-refractivity contribution is 0.112. The molecule has 29 heavy (non-hydrogen) atoms. The van der Waals surface area contributed by atoms with E-state index in [9.17, 15) is 4.79 Å². The van der Waals surface area contributed by atoms with Gasteiger partial charge in [-0.15, -0.1) is 0 Å². The summed E-state index contributed by atoms with van der Waals surface area (Å²) in [5.74, 6) is 2.37. The van der Waals surface area contributed by atoms with Gasteiger partial charge in [0.25, 0.3) is 0 Å². The fraction of sp³-hybridized carbons (Fsp3) is 0.304. The molecule has 2 aliphatic rings. The number of anilines is 1. The molecular weight excluding hydrogens is 362 g/mol. The summed E-state index contributed by atoms with van der Waals surface area (Å²) in [4.78, 5) is 19.7. The number of pyridine rings is 1. The minimum Gasteiger partial charge on any atom is -0.405 e. The zero-order chi connectivity index (χ0) is 20.0. The zero-order valence-electron chi connectivity index (χ0n) is 16.2. The third-order valence-electron chi connectivity index (χ3n) is 6.07. The highest BCUT2D eigenvalue weighted by molar-refractivity contribution is 6.16. The van der Waals surface area contributed by atoms with E-state index in [1.54, 1.807) is 18.3 Å². The number of hydrogen-bond donors (Lipinski definition) is 4. The van der Waals surface area contributed by atoms with Crippen LogP contribution in [0.4, 0.5) is 5.82 Å². The normalized spacial score (nSPS) is 17.6. The Hall–Kier alpha value is -3.28. The Labute approximate surface area is 169 Å². The number of aromatic nitrogens is 2. The maximum atomic E-state index is 11.6. The summed E-state index contributed by atoms with van der Waals surface area (Å²) in [6.45, 7) is 0. The van der Waals surface area contributed by atoms with Crippen LogP contribution in [0.3, 0.4) is 0 Å². The molecular formula is C23H25N5O. The quantitative estimate of drug-likeness (QED) is 0.363. The molecule has 0 aliphatic heterocycles. The summed E-state index contributed by atoms with van der Waals surface area (Å²) in [5, 5.41) is 5.75. The van der Waals surface area contributed by atoms with Crippen molar-refractivity contribution in [1.29, 1.82) is 0 Å². The number of nitrogens with two attached hydrogens (primary N) is 2. The van der Waals surface area contributed by atoms with Gasteiger partial charge in [0.2, 0.25) is 0 Å². The lowest BCUT2D eigenvalue weighted by atomic mass is 10.1. The van der Waals surface area contributed by atoms with Crippen molar-refractivity contribution in [3.63, 3.8) is 0 Å². The smallest absolute Gasteiger partial charge is 0.153 e. The van der Waals surface area contributed by atoms with Crippen molar-refractivity contribution in [2.75, 3.05) is 5.32 Å². The zero-order valence-corrected chi connectivity index (χ0v) is 16.2. The number of hydrogen-bond acceptors (Lipinski definition) is 5. The number of aromatic amines is 1. The largest absolute Gasteiger partial charge is 0.405 e. The van der Waals surface area contributed by atoms with Gasteiger partial charge in [-0.05, 0) is 67.5 Å². The second-order valence-electron chi connectivity index (χ2n) is 8.17. The molecule has 0 atom stereocenters. The van der Waals surface area contributed by atoms with E-state index < -0.39 is 0 Å². The number of H-pyrrole nitrogens is 1. The first-order chi connectivity index (χ1) is 14.2. The standard InChI is InChI=1S/C23H25N5O/c24-9-1-2-18(25)15-7-8-17-19(10-15)27-22-16(12-29)11-26-23(20(17)22)28-21(13-3-4-13)14-5-6-14/h1-2,7-14,21,27H,3-6,24-25H2,(H,26,28)/b9-1-,18-2-. The molecule has 0 spiro atoms. The molecule has 148 valence electrons. The van der Waals surface area contributed by atoms with Crippen molar-refractivity contribution in [2.24, 2.45) is 23.3 Å². The van der Waals surface area contributed by atoms with Crippen LogP contribution in [0.1, 0.15) is 41.6 Å². The van der Waals surface area contributed by atoms with Crippen LogP contribution in [0, 0.1) is 11.8 Å². The summed E-state index contributed by atoms with van der Waals surface area (Å²) in [6.07, 6.45) is 12.6. The van der Waals surface area contributed by atoms with Gasteiger partial charge in [0.1, 0.15) is 5.82 Å². The fourth-order valence-corrected chi connectivity index (χ4v) is 4.25. The van der Waals surface area contributed by atoms with E-state index in [0.29, 0.717) is 17.3 Å². The van der Waals surface area contributed by atoms with Crippen LogP contribution < -0.4 is 16.8 Å². The third-order valence-corrected chi connectivity index (χ3v) is 6.07. The van der Waals surface area contributed by atoms with E-state index in [4.69, 9.17) is 11.5 Å². The molecule has 0 bridgehead atoms. The molecule has 6 heteroatoms. The maximum absolute atomic E-state index is 11.6. The Balaban J connectivity index is 1.63.